The topological polar surface area (TPSA) is 75.4 Å². The van der Waals surface area contributed by atoms with Crippen molar-refractivity contribution in [2.24, 2.45) is 0 Å². The highest BCUT2D eigenvalue weighted by Gasteiger charge is 2.23. The van der Waals surface area contributed by atoms with Crippen LogP contribution in [0.15, 0.2) is 40.4 Å². The van der Waals surface area contributed by atoms with Crippen LogP contribution in [0.3, 0.4) is 0 Å². The number of amides is 1. The molecule has 1 aromatic carbocycles. The first-order valence-electron chi connectivity index (χ1n) is 8.05. The van der Waals surface area contributed by atoms with Crippen LogP contribution in [0, 0.1) is 6.92 Å². The summed E-state index contributed by atoms with van der Waals surface area (Å²) in [7, 11) is 0. The van der Waals surface area contributed by atoms with E-state index in [4.69, 9.17) is 4.52 Å². The van der Waals surface area contributed by atoms with Crippen molar-refractivity contribution in [2.45, 2.75) is 6.92 Å². The quantitative estimate of drug-likeness (QED) is 0.718. The molecule has 1 aliphatic rings. The van der Waals surface area contributed by atoms with Crippen LogP contribution < -0.4 is 4.90 Å². The standard InChI is InChI=1S/C17H17N5O2S/c1-12-19-15(24-20-12)13-2-4-14(5-3-13)16(23)21-7-9-22(10-8-21)17-18-6-11-25-17/h2-6,11H,7-10H2,1H3. The maximum absolute atomic E-state index is 12.7. The van der Waals surface area contributed by atoms with Gasteiger partial charge in [0.15, 0.2) is 11.0 Å². The van der Waals surface area contributed by atoms with E-state index in [0.717, 1.165) is 23.8 Å². The molecule has 0 radical (unpaired) electrons. The van der Waals surface area contributed by atoms with Gasteiger partial charge >= 0.3 is 0 Å². The molecule has 0 aliphatic carbocycles. The summed E-state index contributed by atoms with van der Waals surface area (Å²) in [4.78, 5) is 25.3. The monoisotopic (exact) mass is 355 g/mol. The Labute approximate surface area is 148 Å². The van der Waals surface area contributed by atoms with Crippen LogP contribution >= 0.6 is 11.3 Å². The van der Waals surface area contributed by atoms with Gasteiger partial charge in [-0.25, -0.2) is 4.98 Å². The molecule has 3 heterocycles. The molecule has 0 unspecified atom stereocenters. The Morgan fingerprint density at radius 2 is 1.92 bits per heavy atom. The van der Waals surface area contributed by atoms with Gasteiger partial charge in [-0.1, -0.05) is 5.16 Å². The van der Waals surface area contributed by atoms with Crippen LogP contribution in [0.1, 0.15) is 16.2 Å². The minimum absolute atomic E-state index is 0.0482. The summed E-state index contributed by atoms with van der Waals surface area (Å²) in [6, 6.07) is 7.30. The van der Waals surface area contributed by atoms with Gasteiger partial charge in [0, 0.05) is 48.9 Å². The van der Waals surface area contributed by atoms with E-state index >= 15 is 0 Å². The molecule has 3 aromatic rings. The van der Waals surface area contributed by atoms with Gasteiger partial charge in [0.2, 0.25) is 0 Å². The summed E-state index contributed by atoms with van der Waals surface area (Å²) in [5.74, 6) is 1.11. The third-order valence-electron chi connectivity index (χ3n) is 4.16. The SMILES string of the molecule is Cc1noc(-c2ccc(C(=O)N3CCN(c4nccs4)CC3)cc2)n1. The first kappa shape index (κ1) is 15.8. The molecule has 0 bridgehead atoms. The normalized spacial score (nSPS) is 14.8. The first-order valence-corrected chi connectivity index (χ1v) is 8.93. The second-order valence-electron chi connectivity index (χ2n) is 5.82. The smallest absolute Gasteiger partial charge is 0.257 e. The van der Waals surface area contributed by atoms with E-state index in [2.05, 4.69) is 20.0 Å². The number of thiazole rings is 1. The number of benzene rings is 1. The third kappa shape index (κ3) is 3.25. The first-order chi connectivity index (χ1) is 12.2. The highest BCUT2D eigenvalue weighted by molar-refractivity contribution is 7.13. The zero-order valence-electron chi connectivity index (χ0n) is 13.8. The fourth-order valence-corrected chi connectivity index (χ4v) is 3.52. The lowest BCUT2D eigenvalue weighted by molar-refractivity contribution is 0.0747. The number of carbonyl (C=O) groups excluding carboxylic acids is 1. The highest BCUT2D eigenvalue weighted by atomic mass is 32.1. The average Bonchev–Trinajstić information content (AvgIpc) is 3.33. The number of aromatic nitrogens is 3. The van der Waals surface area contributed by atoms with E-state index in [1.165, 1.54) is 0 Å². The van der Waals surface area contributed by atoms with E-state index in [-0.39, 0.29) is 5.91 Å². The molecule has 25 heavy (non-hydrogen) atoms. The van der Waals surface area contributed by atoms with Crippen LogP contribution in [-0.2, 0) is 0 Å². The van der Waals surface area contributed by atoms with Crippen LogP contribution in [0.25, 0.3) is 11.5 Å². The molecule has 128 valence electrons. The molecule has 8 heteroatoms. The lowest BCUT2D eigenvalue weighted by Crippen LogP contribution is -2.48. The number of piperazine rings is 1. The Balaban J connectivity index is 1.41. The van der Waals surface area contributed by atoms with Gasteiger partial charge in [0.25, 0.3) is 11.8 Å². The van der Waals surface area contributed by atoms with Crippen molar-refractivity contribution in [3.05, 3.63) is 47.2 Å². The number of carbonyl (C=O) groups is 1. The zero-order valence-corrected chi connectivity index (χ0v) is 14.6. The van der Waals surface area contributed by atoms with Crippen molar-refractivity contribution in [3.63, 3.8) is 0 Å². The summed E-state index contributed by atoms with van der Waals surface area (Å²) in [6.07, 6.45) is 1.81. The summed E-state index contributed by atoms with van der Waals surface area (Å²) in [5.41, 5.74) is 1.48. The second-order valence-corrected chi connectivity index (χ2v) is 6.69. The number of hydrogen-bond acceptors (Lipinski definition) is 7. The lowest BCUT2D eigenvalue weighted by atomic mass is 10.1. The van der Waals surface area contributed by atoms with Gasteiger partial charge in [-0.2, -0.15) is 4.98 Å². The van der Waals surface area contributed by atoms with Crippen molar-refractivity contribution in [1.29, 1.82) is 0 Å². The molecule has 7 nitrogen and oxygen atoms in total. The fraction of sp³-hybridized carbons (Fsp3) is 0.294. The molecule has 0 saturated carbocycles. The van der Waals surface area contributed by atoms with Gasteiger partial charge in [0.1, 0.15) is 0 Å². The summed E-state index contributed by atoms with van der Waals surface area (Å²) < 4.78 is 5.15. The molecule has 0 atom stereocenters. The molecule has 2 aromatic heterocycles. The molecule has 4 rings (SSSR count). The minimum atomic E-state index is 0.0482. The van der Waals surface area contributed by atoms with Gasteiger partial charge in [-0.05, 0) is 31.2 Å². The van der Waals surface area contributed by atoms with Crippen molar-refractivity contribution in [3.8, 4) is 11.5 Å². The van der Waals surface area contributed by atoms with Gasteiger partial charge in [-0.3, -0.25) is 4.79 Å². The Bertz CT molecular complexity index is 852. The number of aryl methyl sites for hydroxylation is 1. The predicted molar refractivity (Wildman–Crippen MR) is 94.7 cm³/mol. The molecule has 1 aliphatic heterocycles. The Morgan fingerprint density at radius 3 is 2.52 bits per heavy atom. The maximum atomic E-state index is 12.7. The zero-order chi connectivity index (χ0) is 17.2. The highest BCUT2D eigenvalue weighted by Crippen LogP contribution is 2.21. The van der Waals surface area contributed by atoms with E-state index in [1.807, 2.05) is 40.7 Å². The van der Waals surface area contributed by atoms with Crippen molar-refractivity contribution in [1.82, 2.24) is 20.0 Å². The second kappa shape index (κ2) is 6.64. The number of hydrogen-bond donors (Lipinski definition) is 0. The van der Waals surface area contributed by atoms with E-state index in [1.54, 1.807) is 18.3 Å². The Morgan fingerprint density at radius 1 is 1.16 bits per heavy atom. The van der Waals surface area contributed by atoms with Crippen LogP contribution in [0.4, 0.5) is 5.13 Å². The van der Waals surface area contributed by atoms with Gasteiger partial charge in [-0.15, -0.1) is 11.3 Å². The van der Waals surface area contributed by atoms with Crippen molar-refractivity contribution < 1.29 is 9.32 Å². The molecule has 1 fully saturated rings. The average molecular weight is 355 g/mol. The maximum Gasteiger partial charge on any atom is 0.257 e. The van der Waals surface area contributed by atoms with Gasteiger partial charge < -0.3 is 14.3 Å². The largest absolute Gasteiger partial charge is 0.345 e. The minimum Gasteiger partial charge on any atom is -0.345 e. The van der Waals surface area contributed by atoms with E-state index in [0.29, 0.717) is 30.4 Å². The van der Waals surface area contributed by atoms with Crippen LogP contribution in [-0.4, -0.2) is 52.1 Å². The molecule has 1 amide bonds. The summed E-state index contributed by atoms with van der Waals surface area (Å²) in [6.45, 7) is 4.78. The van der Waals surface area contributed by atoms with E-state index < -0.39 is 0 Å². The van der Waals surface area contributed by atoms with E-state index in [9.17, 15) is 4.79 Å². The Kier molecular flexibility index (Phi) is 4.19. The molecular weight excluding hydrogens is 338 g/mol. The lowest BCUT2D eigenvalue weighted by Gasteiger charge is -2.34. The summed E-state index contributed by atoms with van der Waals surface area (Å²) >= 11 is 1.63. The predicted octanol–water partition coefficient (Wildman–Crippen LogP) is 2.46. The van der Waals surface area contributed by atoms with Crippen molar-refractivity contribution in [2.75, 3.05) is 31.1 Å². The van der Waals surface area contributed by atoms with Crippen LogP contribution in [0.5, 0.6) is 0 Å². The third-order valence-corrected chi connectivity index (χ3v) is 5.00. The van der Waals surface area contributed by atoms with Crippen molar-refractivity contribution >= 4 is 22.4 Å². The fourth-order valence-electron chi connectivity index (χ4n) is 2.83. The molecule has 0 N–H and O–H groups in total. The molecular formula is C17H17N5O2S. The van der Waals surface area contributed by atoms with Gasteiger partial charge in [0.05, 0.1) is 0 Å². The Hall–Kier alpha value is -2.74. The molecule has 0 spiro atoms. The van der Waals surface area contributed by atoms with Crippen LogP contribution in [0.2, 0.25) is 0 Å². The number of anilines is 1. The number of nitrogens with zero attached hydrogens (tertiary/aromatic N) is 5. The summed E-state index contributed by atoms with van der Waals surface area (Å²) in [5, 5.41) is 6.77. The molecule has 1 saturated heterocycles. The number of rotatable bonds is 3.